The Morgan fingerprint density at radius 2 is 2.00 bits per heavy atom. The number of nitrogens with zero attached hydrogens (tertiary/aromatic N) is 1. The largest absolute Gasteiger partial charge is 0.387 e. The van der Waals surface area contributed by atoms with Crippen LogP contribution in [-0.2, 0) is 4.74 Å². The molecule has 0 aromatic heterocycles. The molecule has 0 aromatic rings. The van der Waals surface area contributed by atoms with Crippen LogP contribution in [0.2, 0.25) is 0 Å². The zero-order chi connectivity index (χ0) is 12.9. The molecule has 0 aromatic carbocycles. The van der Waals surface area contributed by atoms with Gasteiger partial charge in [-0.25, -0.2) is 0 Å². The van der Waals surface area contributed by atoms with E-state index in [0.717, 1.165) is 38.6 Å². The predicted molar refractivity (Wildman–Crippen MR) is 71.4 cm³/mol. The van der Waals surface area contributed by atoms with E-state index in [1.807, 2.05) is 13.8 Å². The van der Waals surface area contributed by atoms with Crippen LogP contribution in [0.3, 0.4) is 0 Å². The zero-order valence-corrected chi connectivity index (χ0v) is 11.5. The molecule has 1 fully saturated rings. The van der Waals surface area contributed by atoms with Gasteiger partial charge in [0.2, 0.25) is 0 Å². The molecule has 0 saturated carbocycles. The molecular formula is C13H27N3O. The van der Waals surface area contributed by atoms with Crippen molar-refractivity contribution in [3.05, 3.63) is 0 Å². The van der Waals surface area contributed by atoms with E-state index < -0.39 is 0 Å². The van der Waals surface area contributed by atoms with E-state index in [-0.39, 0.29) is 11.3 Å². The lowest BCUT2D eigenvalue weighted by atomic mass is 9.88. The van der Waals surface area contributed by atoms with Gasteiger partial charge in [-0.05, 0) is 38.8 Å². The molecule has 0 aliphatic carbocycles. The number of rotatable bonds is 6. The van der Waals surface area contributed by atoms with Crippen molar-refractivity contribution in [2.45, 2.75) is 33.1 Å². The molecule has 0 spiro atoms. The summed E-state index contributed by atoms with van der Waals surface area (Å²) in [7, 11) is 2.16. The summed E-state index contributed by atoms with van der Waals surface area (Å²) in [4.78, 5) is 2.36. The Hall–Kier alpha value is -0.610. The van der Waals surface area contributed by atoms with E-state index in [9.17, 15) is 0 Å². The summed E-state index contributed by atoms with van der Waals surface area (Å²) < 4.78 is 5.36. The lowest BCUT2D eigenvalue weighted by Crippen LogP contribution is -2.36. The Bertz CT molecular complexity index is 247. The quantitative estimate of drug-likeness (QED) is 0.549. The summed E-state index contributed by atoms with van der Waals surface area (Å²) >= 11 is 0. The Balaban J connectivity index is 2.24. The second kappa shape index (κ2) is 6.36. The van der Waals surface area contributed by atoms with Crippen LogP contribution in [0.1, 0.15) is 33.1 Å². The fourth-order valence-corrected chi connectivity index (χ4v) is 2.07. The molecule has 100 valence electrons. The molecular weight excluding hydrogens is 214 g/mol. The van der Waals surface area contributed by atoms with Crippen molar-refractivity contribution in [3.8, 4) is 0 Å². The fourth-order valence-electron chi connectivity index (χ4n) is 2.07. The molecule has 0 atom stereocenters. The molecule has 0 radical (unpaired) electrons. The monoisotopic (exact) mass is 241 g/mol. The molecule has 0 unspecified atom stereocenters. The highest BCUT2D eigenvalue weighted by Gasteiger charge is 2.22. The summed E-state index contributed by atoms with van der Waals surface area (Å²) in [6.07, 6.45) is 3.31. The normalized spacial score (nSPS) is 18.6. The second-order valence-electron chi connectivity index (χ2n) is 5.87. The third kappa shape index (κ3) is 5.04. The van der Waals surface area contributed by atoms with E-state index in [2.05, 4.69) is 11.9 Å². The maximum atomic E-state index is 7.54. The van der Waals surface area contributed by atoms with Gasteiger partial charge in [0, 0.05) is 25.2 Å². The van der Waals surface area contributed by atoms with E-state index in [4.69, 9.17) is 15.9 Å². The Morgan fingerprint density at radius 1 is 1.41 bits per heavy atom. The number of nitrogens with one attached hydrogen (secondary N) is 1. The third-order valence-corrected chi connectivity index (χ3v) is 3.76. The van der Waals surface area contributed by atoms with Crippen molar-refractivity contribution in [3.63, 3.8) is 0 Å². The van der Waals surface area contributed by atoms with Gasteiger partial charge in [0.25, 0.3) is 0 Å². The van der Waals surface area contributed by atoms with E-state index >= 15 is 0 Å². The van der Waals surface area contributed by atoms with E-state index in [1.165, 1.54) is 12.8 Å². The molecule has 1 heterocycles. The van der Waals surface area contributed by atoms with Crippen molar-refractivity contribution in [1.82, 2.24) is 4.90 Å². The first kappa shape index (κ1) is 14.5. The summed E-state index contributed by atoms with van der Waals surface area (Å²) in [5, 5.41) is 7.54. The van der Waals surface area contributed by atoms with Crippen LogP contribution in [-0.4, -0.2) is 44.1 Å². The first-order valence-electron chi connectivity index (χ1n) is 6.52. The maximum absolute atomic E-state index is 7.54. The zero-order valence-electron chi connectivity index (χ0n) is 11.5. The fraction of sp³-hybridized carbons (Fsp3) is 0.923. The molecule has 0 bridgehead atoms. The Morgan fingerprint density at radius 3 is 2.53 bits per heavy atom. The summed E-state index contributed by atoms with van der Waals surface area (Å²) in [5.41, 5.74) is 5.41. The topological polar surface area (TPSA) is 62.3 Å². The Kier molecular flexibility index (Phi) is 5.40. The van der Waals surface area contributed by atoms with Crippen molar-refractivity contribution in [2.24, 2.45) is 17.1 Å². The van der Waals surface area contributed by atoms with Crippen LogP contribution < -0.4 is 5.73 Å². The van der Waals surface area contributed by atoms with Gasteiger partial charge in [-0.15, -0.1) is 0 Å². The molecule has 1 aliphatic rings. The van der Waals surface area contributed by atoms with Gasteiger partial charge in [-0.3, -0.25) is 5.41 Å². The third-order valence-electron chi connectivity index (χ3n) is 3.76. The van der Waals surface area contributed by atoms with Gasteiger partial charge >= 0.3 is 0 Å². The molecule has 4 nitrogen and oxygen atoms in total. The highest BCUT2D eigenvalue weighted by molar-refractivity contribution is 5.82. The van der Waals surface area contributed by atoms with Gasteiger partial charge in [-0.2, -0.15) is 0 Å². The summed E-state index contributed by atoms with van der Waals surface area (Å²) in [6.45, 7) is 8.05. The second-order valence-corrected chi connectivity index (χ2v) is 5.87. The van der Waals surface area contributed by atoms with Crippen molar-refractivity contribution >= 4 is 5.84 Å². The van der Waals surface area contributed by atoms with Crippen molar-refractivity contribution in [1.29, 1.82) is 5.41 Å². The van der Waals surface area contributed by atoms with Crippen LogP contribution in [0.15, 0.2) is 0 Å². The number of amidine groups is 1. The number of nitrogens with two attached hydrogens (primary N) is 1. The van der Waals surface area contributed by atoms with Gasteiger partial charge < -0.3 is 15.4 Å². The van der Waals surface area contributed by atoms with Crippen molar-refractivity contribution < 1.29 is 4.74 Å². The lowest BCUT2D eigenvalue weighted by Gasteiger charge is -2.30. The average molecular weight is 241 g/mol. The van der Waals surface area contributed by atoms with E-state index in [0.29, 0.717) is 0 Å². The minimum absolute atomic E-state index is 0.177. The highest BCUT2D eigenvalue weighted by atomic mass is 16.5. The molecule has 3 N–H and O–H groups in total. The minimum Gasteiger partial charge on any atom is -0.387 e. The maximum Gasteiger partial charge on any atom is 0.0963 e. The summed E-state index contributed by atoms with van der Waals surface area (Å²) in [6, 6.07) is 0. The van der Waals surface area contributed by atoms with E-state index in [1.54, 1.807) is 0 Å². The van der Waals surface area contributed by atoms with Gasteiger partial charge in [0.05, 0.1) is 5.84 Å². The van der Waals surface area contributed by atoms with Gasteiger partial charge in [0.1, 0.15) is 0 Å². The molecule has 1 rings (SSSR count). The van der Waals surface area contributed by atoms with Crippen LogP contribution in [0.5, 0.6) is 0 Å². The van der Waals surface area contributed by atoms with Crippen LogP contribution in [0, 0.1) is 16.7 Å². The molecule has 4 heteroatoms. The van der Waals surface area contributed by atoms with Crippen molar-refractivity contribution in [2.75, 3.05) is 33.4 Å². The highest BCUT2D eigenvalue weighted by Crippen LogP contribution is 2.21. The standard InChI is InChI=1S/C13H27N3O/c1-13(2,12(14)15)6-7-16(3)10-11-4-8-17-9-5-11/h11H,4-10H2,1-3H3,(H3,14,15). The number of hydrogen-bond donors (Lipinski definition) is 2. The molecule has 17 heavy (non-hydrogen) atoms. The van der Waals surface area contributed by atoms with Crippen LogP contribution in [0.25, 0.3) is 0 Å². The predicted octanol–water partition coefficient (Wildman–Crippen LogP) is 1.70. The lowest BCUT2D eigenvalue weighted by molar-refractivity contribution is 0.0550. The first-order chi connectivity index (χ1) is 7.92. The van der Waals surface area contributed by atoms with Crippen LogP contribution in [0.4, 0.5) is 0 Å². The molecule has 1 aliphatic heterocycles. The number of ether oxygens (including phenoxy) is 1. The average Bonchev–Trinajstić information content (AvgIpc) is 2.28. The summed E-state index contributed by atoms with van der Waals surface area (Å²) in [5.74, 6) is 1.06. The van der Waals surface area contributed by atoms with Gasteiger partial charge in [0.15, 0.2) is 0 Å². The first-order valence-corrected chi connectivity index (χ1v) is 6.52. The Labute approximate surface area is 105 Å². The molecule has 0 amide bonds. The number of hydrogen-bond acceptors (Lipinski definition) is 3. The van der Waals surface area contributed by atoms with Crippen LogP contribution >= 0.6 is 0 Å². The van der Waals surface area contributed by atoms with Gasteiger partial charge in [-0.1, -0.05) is 13.8 Å². The smallest absolute Gasteiger partial charge is 0.0963 e. The SMILES string of the molecule is CN(CCC(C)(C)C(=N)N)CC1CCOCC1. The minimum atomic E-state index is -0.177. The molecule has 1 saturated heterocycles.